The molecule has 106 valence electrons. The minimum Gasteiger partial charge on any atom is -0.300 e. The summed E-state index contributed by atoms with van der Waals surface area (Å²) in [6.07, 6.45) is 4.49. The molecule has 0 N–H and O–H groups in total. The number of hydrogen-bond donors (Lipinski definition) is 0. The van der Waals surface area contributed by atoms with Crippen molar-refractivity contribution in [1.82, 2.24) is 4.90 Å². The number of allylic oxidation sites excluding steroid dienone is 1. The van der Waals surface area contributed by atoms with Gasteiger partial charge in [-0.15, -0.1) is 0 Å². The first-order valence-electron chi connectivity index (χ1n) is 7.17. The summed E-state index contributed by atoms with van der Waals surface area (Å²) in [6, 6.07) is 0. The molecule has 2 heterocycles. The summed E-state index contributed by atoms with van der Waals surface area (Å²) in [5.41, 5.74) is 1.73. The summed E-state index contributed by atoms with van der Waals surface area (Å²) < 4.78 is 0. The van der Waals surface area contributed by atoms with E-state index in [1.165, 1.54) is 12.8 Å². The van der Waals surface area contributed by atoms with Gasteiger partial charge >= 0.3 is 0 Å². The van der Waals surface area contributed by atoms with Gasteiger partial charge in [0.25, 0.3) is 0 Å². The minimum atomic E-state index is -0.253. The Labute approximate surface area is 120 Å². The Hall–Kier alpha value is -0.670. The van der Waals surface area contributed by atoms with Gasteiger partial charge in [-0.3, -0.25) is 14.7 Å². The molecule has 0 saturated carbocycles. The fraction of sp³-hybridized carbons (Fsp3) is 0.733. The van der Waals surface area contributed by atoms with Crippen LogP contribution in [-0.4, -0.2) is 35.1 Å². The summed E-state index contributed by atoms with van der Waals surface area (Å²) in [5, 5.41) is 0.892. The average Bonchev–Trinajstić information content (AvgIpc) is 2.81. The molecule has 1 atom stereocenters. The second kappa shape index (κ2) is 5.76. The van der Waals surface area contributed by atoms with Crippen molar-refractivity contribution < 1.29 is 4.79 Å². The Morgan fingerprint density at radius 3 is 2.58 bits per heavy atom. The molecule has 1 saturated heterocycles. The van der Waals surface area contributed by atoms with E-state index in [2.05, 4.69) is 18.7 Å². The number of aliphatic imine (C=N–C) groups is 1. The number of rotatable bonds is 4. The SMILES string of the molecule is CCC1=C(Cl)CC(C)(N2CCCC2)N=C1CC(C)=O. The first-order chi connectivity index (χ1) is 8.96. The molecule has 19 heavy (non-hydrogen) atoms. The van der Waals surface area contributed by atoms with Crippen LogP contribution >= 0.6 is 11.6 Å². The molecule has 0 aromatic rings. The van der Waals surface area contributed by atoms with E-state index in [0.29, 0.717) is 6.42 Å². The molecule has 0 aromatic heterocycles. The lowest BCUT2D eigenvalue weighted by Gasteiger charge is -2.39. The lowest BCUT2D eigenvalue weighted by atomic mass is 9.93. The van der Waals surface area contributed by atoms with Crippen LogP contribution in [0.15, 0.2) is 15.6 Å². The smallest absolute Gasteiger partial charge is 0.135 e. The summed E-state index contributed by atoms with van der Waals surface area (Å²) in [4.78, 5) is 18.8. The van der Waals surface area contributed by atoms with Crippen LogP contribution in [0.3, 0.4) is 0 Å². The Kier molecular flexibility index (Phi) is 4.46. The third-order valence-electron chi connectivity index (χ3n) is 4.10. The highest BCUT2D eigenvalue weighted by atomic mass is 35.5. The van der Waals surface area contributed by atoms with E-state index in [9.17, 15) is 4.79 Å². The fourth-order valence-electron chi connectivity index (χ4n) is 3.11. The van der Waals surface area contributed by atoms with Gasteiger partial charge in [0.1, 0.15) is 11.4 Å². The van der Waals surface area contributed by atoms with E-state index in [-0.39, 0.29) is 11.4 Å². The first kappa shape index (κ1) is 14.7. The summed E-state index contributed by atoms with van der Waals surface area (Å²) >= 11 is 6.48. The van der Waals surface area contributed by atoms with Crippen LogP contribution in [0.1, 0.15) is 52.9 Å². The van der Waals surface area contributed by atoms with E-state index in [1.807, 2.05) is 0 Å². The summed E-state index contributed by atoms with van der Waals surface area (Å²) in [5.74, 6) is 0.153. The Morgan fingerprint density at radius 2 is 2.05 bits per heavy atom. The monoisotopic (exact) mass is 282 g/mol. The quantitative estimate of drug-likeness (QED) is 0.790. The number of ketones is 1. The van der Waals surface area contributed by atoms with Crippen molar-refractivity contribution in [3.63, 3.8) is 0 Å². The van der Waals surface area contributed by atoms with E-state index in [1.54, 1.807) is 6.92 Å². The topological polar surface area (TPSA) is 32.7 Å². The van der Waals surface area contributed by atoms with Gasteiger partial charge in [-0.25, -0.2) is 0 Å². The molecule has 0 amide bonds. The zero-order valence-corrected chi connectivity index (χ0v) is 12.9. The van der Waals surface area contributed by atoms with Gasteiger partial charge < -0.3 is 0 Å². The molecule has 2 aliphatic rings. The van der Waals surface area contributed by atoms with E-state index >= 15 is 0 Å². The van der Waals surface area contributed by atoms with Gasteiger partial charge in [-0.05, 0) is 38.7 Å². The van der Waals surface area contributed by atoms with Gasteiger partial charge in [0.2, 0.25) is 0 Å². The van der Waals surface area contributed by atoms with Gasteiger partial charge in [0.15, 0.2) is 0 Å². The second-order valence-corrected chi connectivity index (χ2v) is 6.22. The summed E-state index contributed by atoms with van der Waals surface area (Å²) in [7, 11) is 0. The summed E-state index contributed by atoms with van der Waals surface area (Å²) in [6.45, 7) is 8.00. The van der Waals surface area contributed by atoms with Crippen LogP contribution in [0.4, 0.5) is 0 Å². The number of Topliss-reactive ketones (excluding diaryl/α,β-unsaturated/α-hetero) is 1. The third-order valence-corrected chi connectivity index (χ3v) is 4.46. The first-order valence-corrected chi connectivity index (χ1v) is 7.55. The molecular weight excluding hydrogens is 260 g/mol. The number of halogens is 1. The molecule has 0 bridgehead atoms. The maximum Gasteiger partial charge on any atom is 0.135 e. The van der Waals surface area contributed by atoms with Crippen LogP contribution in [0, 0.1) is 0 Å². The van der Waals surface area contributed by atoms with Gasteiger partial charge in [0, 0.05) is 36.7 Å². The Bertz CT molecular complexity index is 435. The van der Waals surface area contributed by atoms with Crippen molar-refractivity contribution in [3.8, 4) is 0 Å². The van der Waals surface area contributed by atoms with Crippen LogP contribution in [0.2, 0.25) is 0 Å². The highest BCUT2D eigenvalue weighted by molar-refractivity contribution is 6.33. The van der Waals surface area contributed by atoms with Crippen LogP contribution < -0.4 is 0 Å². The molecule has 3 nitrogen and oxygen atoms in total. The molecule has 1 fully saturated rings. The normalized spacial score (nSPS) is 28.7. The molecule has 2 rings (SSSR count). The molecule has 2 aliphatic heterocycles. The van der Waals surface area contributed by atoms with E-state index in [4.69, 9.17) is 16.6 Å². The van der Waals surface area contributed by atoms with E-state index in [0.717, 1.165) is 42.2 Å². The molecule has 0 spiro atoms. The van der Waals surface area contributed by atoms with Crippen molar-refractivity contribution >= 4 is 23.1 Å². The molecule has 0 aliphatic carbocycles. The molecule has 4 heteroatoms. The van der Waals surface area contributed by atoms with Crippen LogP contribution in [-0.2, 0) is 4.79 Å². The molecular formula is C15H23ClN2O. The van der Waals surface area contributed by atoms with Gasteiger partial charge in [-0.1, -0.05) is 18.5 Å². The highest BCUT2D eigenvalue weighted by Crippen LogP contribution is 2.37. The average molecular weight is 283 g/mol. The van der Waals surface area contributed by atoms with Crippen LogP contribution in [0.25, 0.3) is 0 Å². The number of likely N-dealkylation sites (tertiary alicyclic amines) is 1. The van der Waals surface area contributed by atoms with Crippen molar-refractivity contribution in [2.24, 2.45) is 4.99 Å². The minimum absolute atomic E-state index is 0.153. The van der Waals surface area contributed by atoms with Gasteiger partial charge in [-0.2, -0.15) is 0 Å². The van der Waals surface area contributed by atoms with Crippen molar-refractivity contribution in [2.75, 3.05) is 13.1 Å². The highest BCUT2D eigenvalue weighted by Gasteiger charge is 2.38. The fourth-order valence-corrected chi connectivity index (χ4v) is 3.61. The Balaban J connectivity index is 2.32. The molecule has 1 unspecified atom stereocenters. The zero-order valence-electron chi connectivity index (χ0n) is 12.1. The van der Waals surface area contributed by atoms with Crippen molar-refractivity contribution in [2.45, 2.75) is 58.5 Å². The van der Waals surface area contributed by atoms with Crippen LogP contribution in [0.5, 0.6) is 0 Å². The van der Waals surface area contributed by atoms with E-state index < -0.39 is 0 Å². The maximum atomic E-state index is 11.5. The predicted octanol–water partition coefficient (Wildman–Crippen LogP) is 3.53. The standard InChI is InChI=1S/C15H23ClN2O/c1-4-12-13(16)10-15(3,18-7-5-6-8-18)17-14(12)9-11(2)19/h4-10H2,1-3H3. The number of carbonyl (C=O) groups excluding carboxylic acids is 1. The number of dihydropyridines is 1. The third kappa shape index (κ3) is 3.09. The predicted molar refractivity (Wildman–Crippen MR) is 79.7 cm³/mol. The zero-order chi connectivity index (χ0) is 14.0. The largest absolute Gasteiger partial charge is 0.300 e. The van der Waals surface area contributed by atoms with Crippen molar-refractivity contribution in [1.29, 1.82) is 0 Å². The lowest BCUT2D eigenvalue weighted by Crippen LogP contribution is -2.45. The number of hydrogen-bond acceptors (Lipinski definition) is 3. The second-order valence-electron chi connectivity index (χ2n) is 5.76. The molecule has 0 aromatic carbocycles. The molecule has 0 radical (unpaired) electrons. The maximum absolute atomic E-state index is 11.5. The number of carbonyl (C=O) groups is 1. The Morgan fingerprint density at radius 1 is 1.42 bits per heavy atom. The van der Waals surface area contributed by atoms with Gasteiger partial charge in [0.05, 0.1) is 0 Å². The lowest BCUT2D eigenvalue weighted by molar-refractivity contribution is -0.115. The van der Waals surface area contributed by atoms with Crippen molar-refractivity contribution in [3.05, 3.63) is 10.6 Å². The number of nitrogens with zero attached hydrogens (tertiary/aromatic N) is 2.